The zero-order chi connectivity index (χ0) is 14.2. The third-order valence-corrected chi connectivity index (χ3v) is 3.07. The lowest BCUT2D eigenvalue weighted by atomic mass is 10.3. The summed E-state index contributed by atoms with van der Waals surface area (Å²) in [5.74, 6) is 0.748. The van der Waals surface area contributed by atoms with Gasteiger partial charge in [0.15, 0.2) is 0 Å². The molecule has 4 heteroatoms. The molecule has 1 heterocycles. The molecule has 0 spiro atoms. The van der Waals surface area contributed by atoms with Gasteiger partial charge in [-0.05, 0) is 32.0 Å². The first-order chi connectivity index (χ1) is 9.85. The maximum Gasteiger partial charge on any atom is 0.229 e. The Balaban J connectivity index is 2.08. The largest absolute Gasteiger partial charge is 0.313 e. The number of nitrogens with zero attached hydrogens (tertiary/aromatic N) is 3. The molecular weight excluding hydrogens is 248 g/mol. The van der Waals surface area contributed by atoms with E-state index in [2.05, 4.69) is 46.2 Å². The molecule has 1 aromatic carbocycles. The van der Waals surface area contributed by atoms with Gasteiger partial charge in [-0.2, -0.15) is 0 Å². The number of benzene rings is 1. The number of aromatic nitrogens is 2. The highest BCUT2D eigenvalue weighted by Gasteiger charge is 2.09. The van der Waals surface area contributed by atoms with Crippen LogP contribution >= 0.6 is 0 Å². The zero-order valence-electron chi connectivity index (χ0n) is 12.2. The minimum Gasteiger partial charge on any atom is -0.313 e. The minimum atomic E-state index is 0.748. The molecule has 0 fully saturated rings. The summed E-state index contributed by atoms with van der Waals surface area (Å²) in [5.41, 5.74) is 2.23. The SMILES string of the molecule is CCCNCc1cnc(N(CC)c2ccccc2)nc1. The van der Waals surface area contributed by atoms with Crippen molar-refractivity contribution in [3.05, 3.63) is 48.3 Å². The van der Waals surface area contributed by atoms with Crippen LogP contribution in [0, 0.1) is 0 Å². The molecule has 106 valence electrons. The van der Waals surface area contributed by atoms with Crippen LogP contribution in [0.5, 0.6) is 0 Å². The minimum absolute atomic E-state index is 0.748. The molecule has 0 aliphatic rings. The first kappa shape index (κ1) is 14.5. The summed E-state index contributed by atoms with van der Waals surface area (Å²) in [6.07, 6.45) is 4.93. The van der Waals surface area contributed by atoms with E-state index in [4.69, 9.17) is 0 Å². The van der Waals surface area contributed by atoms with Gasteiger partial charge in [-0.25, -0.2) is 9.97 Å². The summed E-state index contributed by atoms with van der Waals surface area (Å²) < 4.78 is 0. The lowest BCUT2D eigenvalue weighted by molar-refractivity contribution is 0.671. The number of hydrogen-bond donors (Lipinski definition) is 1. The topological polar surface area (TPSA) is 41.1 Å². The van der Waals surface area contributed by atoms with Crippen molar-refractivity contribution >= 4 is 11.6 Å². The molecule has 0 amide bonds. The van der Waals surface area contributed by atoms with Crippen LogP contribution in [-0.2, 0) is 6.54 Å². The standard InChI is InChI=1S/C16H22N4/c1-3-10-17-11-14-12-18-16(19-13-14)20(4-2)15-8-6-5-7-9-15/h5-9,12-13,17H,3-4,10-11H2,1-2H3. The summed E-state index contributed by atoms with van der Waals surface area (Å²) >= 11 is 0. The van der Waals surface area contributed by atoms with Crippen LogP contribution in [0.2, 0.25) is 0 Å². The molecule has 20 heavy (non-hydrogen) atoms. The van der Waals surface area contributed by atoms with Crippen molar-refractivity contribution in [3.8, 4) is 0 Å². The van der Waals surface area contributed by atoms with E-state index >= 15 is 0 Å². The number of nitrogens with one attached hydrogen (secondary N) is 1. The smallest absolute Gasteiger partial charge is 0.229 e. The Morgan fingerprint density at radius 1 is 1.05 bits per heavy atom. The van der Waals surface area contributed by atoms with Gasteiger partial charge in [0.1, 0.15) is 0 Å². The van der Waals surface area contributed by atoms with Crippen molar-refractivity contribution in [1.29, 1.82) is 0 Å². The fourth-order valence-electron chi connectivity index (χ4n) is 2.04. The van der Waals surface area contributed by atoms with E-state index in [1.807, 2.05) is 30.6 Å². The molecule has 4 nitrogen and oxygen atoms in total. The second kappa shape index (κ2) is 7.60. The average Bonchev–Trinajstić information content (AvgIpc) is 2.51. The Bertz CT molecular complexity index is 496. The summed E-state index contributed by atoms with van der Waals surface area (Å²) in [4.78, 5) is 11.1. The number of rotatable bonds is 7. The summed E-state index contributed by atoms with van der Waals surface area (Å²) in [6, 6.07) is 10.2. The lowest BCUT2D eigenvalue weighted by Gasteiger charge is -2.20. The summed E-state index contributed by atoms with van der Waals surface area (Å²) in [6.45, 7) is 6.95. The Hall–Kier alpha value is -1.94. The van der Waals surface area contributed by atoms with Crippen LogP contribution in [0.3, 0.4) is 0 Å². The van der Waals surface area contributed by atoms with Gasteiger partial charge < -0.3 is 10.2 Å². The van der Waals surface area contributed by atoms with E-state index in [-0.39, 0.29) is 0 Å². The Morgan fingerprint density at radius 2 is 1.75 bits per heavy atom. The average molecular weight is 270 g/mol. The van der Waals surface area contributed by atoms with Gasteiger partial charge in [-0.15, -0.1) is 0 Å². The van der Waals surface area contributed by atoms with Gasteiger partial charge in [-0.1, -0.05) is 25.1 Å². The first-order valence-corrected chi connectivity index (χ1v) is 7.19. The van der Waals surface area contributed by atoms with Gasteiger partial charge in [-0.3, -0.25) is 0 Å². The molecule has 0 unspecified atom stereocenters. The molecule has 2 rings (SSSR count). The van der Waals surface area contributed by atoms with E-state index in [1.54, 1.807) is 0 Å². The van der Waals surface area contributed by atoms with Crippen LogP contribution in [0.15, 0.2) is 42.7 Å². The van der Waals surface area contributed by atoms with Gasteiger partial charge in [0.05, 0.1) is 0 Å². The third-order valence-electron chi connectivity index (χ3n) is 3.07. The van der Waals surface area contributed by atoms with Crippen molar-refractivity contribution < 1.29 is 0 Å². The van der Waals surface area contributed by atoms with Gasteiger partial charge >= 0.3 is 0 Å². The highest BCUT2D eigenvalue weighted by Crippen LogP contribution is 2.20. The van der Waals surface area contributed by atoms with E-state index in [9.17, 15) is 0 Å². The predicted molar refractivity (Wildman–Crippen MR) is 83.2 cm³/mol. The number of hydrogen-bond acceptors (Lipinski definition) is 4. The highest BCUT2D eigenvalue weighted by molar-refractivity contribution is 5.56. The molecule has 0 saturated carbocycles. The van der Waals surface area contributed by atoms with E-state index in [1.165, 1.54) is 0 Å². The Morgan fingerprint density at radius 3 is 2.35 bits per heavy atom. The van der Waals surface area contributed by atoms with Crippen molar-refractivity contribution in [2.24, 2.45) is 0 Å². The fourth-order valence-corrected chi connectivity index (χ4v) is 2.04. The second-order valence-corrected chi connectivity index (χ2v) is 4.65. The molecule has 0 aliphatic heterocycles. The van der Waals surface area contributed by atoms with Crippen molar-refractivity contribution in [3.63, 3.8) is 0 Å². The van der Waals surface area contributed by atoms with Crippen molar-refractivity contribution in [2.75, 3.05) is 18.0 Å². The molecule has 2 aromatic rings. The summed E-state index contributed by atoms with van der Waals surface area (Å²) in [7, 11) is 0. The molecule has 1 N–H and O–H groups in total. The summed E-state index contributed by atoms with van der Waals surface area (Å²) in [5, 5.41) is 3.35. The van der Waals surface area contributed by atoms with Crippen molar-refractivity contribution in [1.82, 2.24) is 15.3 Å². The Kier molecular flexibility index (Phi) is 5.50. The molecule has 0 bridgehead atoms. The van der Waals surface area contributed by atoms with Crippen LogP contribution < -0.4 is 10.2 Å². The van der Waals surface area contributed by atoms with E-state index in [0.717, 1.165) is 43.3 Å². The first-order valence-electron chi connectivity index (χ1n) is 7.19. The van der Waals surface area contributed by atoms with Gasteiger partial charge in [0.25, 0.3) is 0 Å². The lowest BCUT2D eigenvalue weighted by Crippen LogP contribution is -2.19. The predicted octanol–water partition coefficient (Wildman–Crippen LogP) is 3.13. The Labute approximate surface area is 120 Å². The van der Waals surface area contributed by atoms with Crippen LogP contribution in [0.25, 0.3) is 0 Å². The normalized spacial score (nSPS) is 10.5. The molecule has 0 radical (unpaired) electrons. The van der Waals surface area contributed by atoms with E-state index < -0.39 is 0 Å². The van der Waals surface area contributed by atoms with Crippen LogP contribution in [0.4, 0.5) is 11.6 Å². The third kappa shape index (κ3) is 3.78. The molecule has 0 atom stereocenters. The maximum atomic E-state index is 4.48. The quantitative estimate of drug-likeness (QED) is 0.785. The van der Waals surface area contributed by atoms with E-state index in [0.29, 0.717) is 0 Å². The van der Waals surface area contributed by atoms with Gasteiger partial charge in [0.2, 0.25) is 5.95 Å². The molecule has 1 aromatic heterocycles. The molecular formula is C16H22N4. The molecule has 0 aliphatic carbocycles. The number of para-hydroxylation sites is 1. The van der Waals surface area contributed by atoms with Gasteiger partial charge in [0, 0.05) is 36.7 Å². The van der Waals surface area contributed by atoms with Crippen molar-refractivity contribution in [2.45, 2.75) is 26.8 Å². The second-order valence-electron chi connectivity index (χ2n) is 4.65. The fraction of sp³-hybridized carbons (Fsp3) is 0.375. The maximum absolute atomic E-state index is 4.48. The number of anilines is 2. The monoisotopic (exact) mass is 270 g/mol. The highest BCUT2D eigenvalue weighted by atomic mass is 15.2. The van der Waals surface area contributed by atoms with Crippen LogP contribution in [-0.4, -0.2) is 23.1 Å². The van der Waals surface area contributed by atoms with Crippen LogP contribution in [0.1, 0.15) is 25.8 Å². The molecule has 0 saturated heterocycles. The zero-order valence-corrected chi connectivity index (χ0v) is 12.2.